The van der Waals surface area contributed by atoms with Crippen molar-refractivity contribution < 1.29 is 14.6 Å². The van der Waals surface area contributed by atoms with Crippen molar-refractivity contribution in [2.45, 2.75) is 46.0 Å². The zero-order valence-corrected chi connectivity index (χ0v) is 9.96. The van der Waals surface area contributed by atoms with Gasteiger partial charge in [-0.05, 0) is 19.4 Å². The van der Waals surface area contributed by atoms with Gasteiger partial charge in [0.05, 0.1) is 19.3 Å². The van der Waals surface area contributed by atoms with Gasteiger partial charge in [-0.15, -0.1) is 0 Å². The van der Waals surface area contributed by atoms with Crippen LogP contribution in [0.2, 0.25) is 0 Å². The molecule has 1 heterocycles. The monoisotopic (exact) mass is 212 g/mol. The lowest BCUT2D eigenvalue weighted by Gasteiger charge is -2.48. The van der Waals surface area contributed by atoms with Crippen LogP contribution in [-0.2, 0) is 9.47 Å². The number of aliphatic hydroxyl groups is 1. The van der Waals surface area contributed by atoms with Crippen molar-refractivity contribution in [1.29, 1.82) is 0 Å². The van der Waals surface area contributed by atoms with Crippen LogP contribution < -0.4 is 0 Å². The molecule has 1 saturated heterocycles. The van der Waals surface area contributed by atoms with Crippen LogP contribution in [0.4, 0.5) is 0 Å². The molecular formula is C12H20O3. The van der Waals surface area contributed by atoms with Gasteiger partial charge in [0.25, 0.3) is 0 Å². The Kier molecular flexibility index (Phi) is 2.45. The Morgan fingerprint density at radius 3 is 2.27 bits per heavy atom. The van der Waals surface area contributed by atoms with Gasteiger partial charge in [0.15, 0.2) is 5.79 Å². The quantitative estimate of drug-likeness (QED) is 0.623. The van der Waals surface area contributed by atoms with Gasteiger partial charge < -0.3 is 14.6 Å². The summed E-state index contributed by atoms with van der Waals surface area (Å²) in [5, 5.41) is 9.99. The zero-order chi connectivity index (χ0) is 11.3. The van der Waals surface area contributed by atoms with Gasteiger partial charge >= 0.3 is 0 Å². The summed E-state index contributed by atoms with van der Waals surface area (Å²) < 4.78 is 11.5. The van der Waals surface area contributed by atoms with Crippen molar-refractivity contribution in [3.8, 4) is 0 Å². The minimum atomic E-state index is -0.615. The molecule has 1 fully saturated rings. The Hall–Kier alpha value is -0.380. The second-order valence-corrected chi connectivity index (χ2v) is 5.10. The predicted molar refractivity (Wildman–Crippen MR) is 57.4 cm³/mol. The summed E-state index contributed by atoms with van der Waals surface area (Å²) in [6, 6.07) is 0. The fraction of sp³-hybridized carbons (Fsp3) is 0.833. The highest BCUT2D eigenvalue weighted by molar-refractivity contribution is 5.28. The lowest BCUT2D eigenvalue weighted by molar-refractivity contribution is -0.235. The normalized spacial score (nSPS) is 33.8. The van der Waals surface area contributed by atoms with Crippen LogP contribution in [0.3, 0.4) is 0 Å². The van der Waals surface area contributed by atoms with Gasteiger partial charge in [0.1, 0.15) is 0 Å². The average Bonchev–Trinajstić information content (AvgIpc) is 2.63. The van der Waals surface area contributed by atoms with Crippen molar-refractivity contribution in [3.05, 3.63) is 11.1 Å². The van der Waals surface area contributed by atoms with Gasteiger partial charge in [0, 0.05) is 11.8 Å². The SMILES string of the molecule is CC1=C(C)C(C)(C)C2(C[C@@H]1O)OCCO2. The van der Waals surface area contributed by atoms with Crippen LogP contribution in [0, 0.1) is 5.41 Å². The molecule has 2 rings (SSSR count). The summed E-state index contributed by atoms with van der Waals surface area (Å²) in [5.41, 5.74) is 2.08. The van der Waals surface area contributed by atoms with E-state index in [0.717, 1.165) is 5.57 Å². The minimum absolute atomic E-state index is 0.160. The summed E-state index contributed by atoms with van der Waals surface area (Å²) in [7, 11) is 0. The summed E-state index contributed by atoms with van der Waals surface area (Å²) >= 11 is 0. The smallest absolute Gasteiger partial charge is 0.180 e. The molecule has 0 aromatic carbocycles. The van der Waals surface area contributed by atoms with E-state index < -0.39 is 11.9 Å². The third kappa shape index (κ3) is 1.37. The van der Waals surface area contributed by atoms with Gasteiger partial charge in [-0.2, -0.15) is 0 Å². The molecule has 0 saturated carbocycles. The molecule has 86 valence electrons. The second-order valence-electron chi connectivity index (χ2n) is 5.10. The minimum Gasteiger partial charge on any atom is -0.389 e. The Balaban J connectivity index is 2.45. The number of ether oxygens (including phenoxy) is 2. The van der Waals surface area contributed by atoms with Crippen LogP contribution in [0.15, 0.2) is 11.1 Å². The first-order valence-electron chi connectivity index (χ1n) is 5.54. The molecule has 0 bridgehead atoms. The van der Waals surface area contributed by atoms with Gasteiger partial charge in [-0.25, -0.2) is 0 Å². The number of hydrogen-bond donors (Lipinski definition) is 1. The Morgan fingerprint density at radius 1 is 1.20 bits per heavy atom. The topological polar surface area (TPSA) is 38.7 Å². The highest BCUT2D eigenvalue weighted by Gasteiger charge is 2.55. The molecule has 1 aliphatic carbocycles. The second kappa shape index (κ2) is 3.30. The highest BCUT2D eigenvalue weighted by Crippen LogP contribution is 2.51. The van der Waals surface area contributed by atoms with E-state index in [2.05, 4.69) is 20.8 Å². The lowest BCUT2D eigenvalue weighted by Crippen LogP contribution is -2.52. The molecule has 0 unspecified atom stereocenters. The fourth-order valence-corrected chi connectivity index (χ4v) is 2.62. The van der Waals surface area contributed by atoms with Crippen LogP contribution in [0.1, 0.15) is 34.1 Å². The maximum atomic E-state index is 9.99. The van der Waals surface area contributed by atoms with E-state index in [9.17, 15) is 5.11 Å². The van der Waals surface area contributed by atoms with Gasteiger partial charge in [-0.1, -0.05) is 19.4 Å². The van der Waals surface area contributed by atoms with E-state index in [-0.39, 0.29) is 5.41 Å². The van der Waals surface area contributed by atoms with Gasteiger partial charge in [0.2, 0.25) is 0 Å². The van der Waals surface area contributed by atoms with Crippen LogP contribution >= 0.6 is 0 Å². The average molecular weight is 212 g/mol. The maximum Gasteiger partial charge on any atom is 0.180 e. The molecule has 1 N–H and O–H groups in total. The molecule has 1 atom stereocenters. The van der Waals surface area contributed by atoms with Crippen molar-refractivity contribution >= 4 is 0 Å². The molecule has 2 aliphatic rings. The van der Waals surface area contributed by atoms with Crippen molar-refractivity contribution in [1.82, 2.24) is 0 Å². The highest BCUT2D eigenvalue weighted by atomic mass is 16.7. The summed E-state index contributed by atoms with van der Waals surface area (Å²) in [6.45, 7) is 9.56. The molecule has 15 heavy (non-hydrogen) atoms. The molecule has 0 aromatic heterocycles. The molecule has 0 aromatic rings. The Morgan fingerprint density at radius 2 is 1.73 bits per heavy atom. The van der Waals surface area contributed by atoms with Crippen molar-refractivity contribution in [3.63, 3.8) is 0 Å². The van der Waals surface area contributed by atoms with Crippen LogP contribution in [-0.4, -0.2) is 30.2 Å². The van der Waals surface area contributed by atoms with Crippen LogP contribution in [0.25, 0.3) is 0 Å². The molecule has 0 amide bonds. The number of rotatable bonds is 0. The van der Waals surface area contributed by atoms with Crippen molar-refractivity contribution in [2.75, 3.05) is 13.2 Å². The Bertz CT molecular complexity index is 298. The van der Waals surface area contributed by atoms with E-state index in [4.69, 9.17) is 9.47 Å². The van der Waals surface area contributed by atoms with E-state index in [1.807, 2.05) is 6.92 Å². The third-order valence-electron chi connectivity index (χ3n) is 4.20. The predicted octanol–water partition coefficient (Wildman–Crippen LogP) is 1.86. The molecule has 3 nitrogen and oxygen atoms in total. The molecule has 1 aliphatic heterocycles. The standard InChI is InChI=1S/C12H20O3/c1-8-9(2)11(3,4)12(7-10(8)13)14-5-6-15-12/h10,13H,5-7H2,1-4H3/t10-/m0/s1. The van der Waals surface area contributed by atoms with Crippen molar-refractivity contribution in [2.24, 2.45) is 5.41 Å². The number of aliphatic hydroxyl groups excluding tert-OH is 1. The molecule has 3 heteroatoms. The first-order valence-corrected chi connectivity index (χ1v) is 5.54. The first kappa shape index (κ1) is 11.1. The fourth-order valence-electron chi connectivity index (χ4n) is 2.62. The third-order valence-corrected chi connectivity index (χ3v) is 4.20. The lowest BCUT2D eigenvalue weighted by atomic mass is 9.68. The first-order chi connectivity index (χ1) is 6.91. The van der Waals surface area contributed by atoms with E-state index >= 15 is 0 Å². The zero-order valence-electron chi connectivity index (χ0n) is 9.96. The Labute approximate surface area is 91.1 Å². The maximum absolute atomic E-state index is 9.99. The van der Waals surface area contributed by atoms with E-state index in [1.54, 1.807) is 0 Å². The number of hydrogen-bond acceptors (Lipinski definition) is 3. The molecule has 1 spiro atoms. The summed E-state index contributed by atoms with van der Waals surface area (Å²) in [5.74, 6) is -0.615. The largest absolute Gasteiger partial charge is 0.389 e. The summed E-state index contributed by atoms with van der Waals surface area (Å²) in [4.78, 5) is 0. The van der Waals surface area contributed by atoms with Gasteiger partial charge in [-0.3, -0.25) is 0 Å². The van der Waals surface area contributed by atoms with Crippen LogP contribution in [0.5, 0.6) is 0 Å². The van der Waals surface area contributed by atoms with E-state index in [0.29, 0.717) is 19.6 Å². The van der Waals surface area contributed by atoms with E-state index in [1.165, 1.54) is 5.57 Å². The summed E-state index contributed by atoms with van der Waals surface area (Å²) in [6.07, 6.45) is 0.111. The molecule has 0 radical (unpaired) electrons. The molecular weight excluding hydrogens is 192 g/mol.